The van der Waals surface area contributed by atoms with Crippen molar-refractivity contribution in [2.75, 3.05) is 0 Å². The van der Waals surface area contributed by atoms with E-state index in [1.807, 2.05) is 30.3 Å². The van der Waals surface area contributed by atoms with Crippen LogP contribution in [0.15, 0.2) is 42.5 Å². The van der Waals surface area contributed by atoms with Crippen LogP contribution in [0.3, 0.4) is 0 Å². The molecule has 0 aliphatic carbocycles. The molecule has 120 valence electrons. The highest BCUT2D eigenvalue weighted by Crippen LogP contribution is 2.39. The Morgan fingerprint density at radius 3 is 2.52 bits per heavy atom. The van der Waals surface area contributed by atoms with E-state index < -0.39 is 12.3 Å². The first-order valence-electron chi connectivity index (χ1n) is 7.13. The lowest BCUT2D eigenvalue weighted by Crippen LogP contribution is -2.34. The number of benzene rings is 2. The van der Waals surface area contributed by atoms with Crippen LogP contribution in [-0.2, 0) is 6.42 Å². The number of hydrogen-bond acceptors (Lipinski definition) is 1. The molecule has 0 spiro atoms. The van der Waals surface area contributed by atoms with Gasteiger partial charge in [-0.1, -0.05) is 48.0 Å². The van der Waals surface area contributed by atoms with Crippen molar-refractivity contribution in [3.8, 4) is 5.75 Å². The molecule has 2 aromatic rings. The zero-order valence-corrected chi connectivity index (χ0v) is 13.1. The Morgan fingerprint density at radius 1 is 1.17 bits per heavy atom. The third-order valence-corrected chi connectivity index (χ3v) is 4.20. The molecular weight excluding hydrogens is 325 g/mol. The van der Waals surface area contributed by atoms with Gasteiger partial charge in [0.25, 0.3) is 0 Å². The van der Waals surface area contributed by atoms with Crippen LogP contribution in [-0.4, -0.2) is 12.3 Å². The van der Waals surface area contributed by atoms with Crippen molar-refractivity contribution in [3.05, 3.63) is 69.8 Å². The summed E-state index contributed by atoms with van der Waals surface area (Å²) in [6.45, 7) is 1.75. The van der Waals surface area contributed by atoms with Crippen LogP contribution in [0.5, 0.6) is 5.75 Å². The number of halogens is 4. The van der Waals surface area contributed by atoms with Crippen LogP contribution in [0.25, 0.3) is 6.08 Å². The average Bonchev–Trinajstić information content (AvgIpc) is 2.51. The summed E-state index contributed by atoms with van der Waals surface area (Å²) >= 11 is 6.33. The van der Waals surface area contributed by atoms with Crippen LogP contribution in [0.1, 0.15) is 22.3 Å². The van der Waals surface area contributed by atoms with E-state index in [0.29, 0.717) is 22.6 Å². The first-order valence-corrected chi connectivity index (χ1v) is 7.51. The summed E-state index contributed by atoms with van der Waals surface area (Å²) in [4.78, 5) is 0. The van der Waals surface area contributed by atoms with Crippen molar-refractivity contribution in [2.24, 2.45) is 0 Å². The molecule has 3 rings (SSSR count). The van der Waals surface area contributed by atoms with Gasteiger partial charge in [-0.25, -0.2) is 0 Å². The van der Waals surface area contributed by atoms with Gasteiger partial charge in [-0.05, 0) is 42.2 Å². The molecule has 1 aliphatic rings. The fourth-order valence-electron chi connectivity index (χ4n) is 2.65. The summed E-state index contributed by atoms with van der Waals surface area (Å²) < 4.78 is 43.9. The maximum Gasteiger partial charge on any atom is 0.429 e. The van der Waals surface area contributed by atoms with Gasteiger partial charge in [0, 0.05) is 10.6 Å². The molecule has 1 unspecified atom stereocenters. The van der Waals surface area contributed by atoms with Gasteiger partial charge in [0.2, 0.25) is 6.10 Å². The highest BCUT2D eigenvalue weighted by Gasteiger charge is 2.42. The fraction of sp³-hybridized carbons (Fsp3) is 0.222. The summed E-state index contributed by atoms with van der Waals surface area (Å²) in [5, 5.41) is 0.531. The van der Waals surface area contributed by atoms with Crippen molar-refractivity contribution in [1.82, 2.24) is 0 Å². The number of rotatable bonds is 2. The number of ether oxygens (including phenoxy) is 1. The van der Waals surface area contributed by atoms with Crippen LogP contribution in [0.4, 0.5) is 13.2 Å². The summed E-state index contributed by atoms with van der Waals surface area (Å²) in [6, 6.07) is 11.3. The largest absolute Gasteiger partial charge is 0.476 e. The lowest BCUT2D eigenvalue weighted by atomic mass is 9.96. The molecule has 1 atom stereocenters. The number of hydrogen-bond donors (Lipinski definition) is 0. The minimum atomic E-state index is -4.43. The SMILES string of the molecule is Cc1c(Cc2ccccc2)c(Cl)cc2c1OC(C(F)(F)F)C=C2. The third kappa shape index (κ3) is 3.22. The van der Waals surface area contributed by atoms with Crippen molar-refractivity contribution in [1.29, 1.82) is 0 Å². The van der Waals surface area contributed by atoms with Gasteiger partial charge in [0.15, 0.2) is 0 Å². The lowest BCUT2D eigenvalue weighted by Gasteiger charge is -2.26. The predicted molar refractivity (Wildman–Crippen MR) is 84.9 cm³/mol. The van der Waals surface area contributed by atoms with E-state index in [4.69, 9.17) is 16.3 Å². The summed E-state index contributed by atoms with van der Waals surface area (Å²) in [5.41, 5.74) is 3.05. The van der Waals surface area contributed by atoms with Crippen molar-refractivity contribution >= 4 is 17.7 Å². The van der Waals surface area contributed by atoms with E-state index in [9.17, 15) is 13.2 Å². The molecule has 0 bridgehead atoms. The Hall–Kier alpha value is -1.94. The van der Waals surface area contributed by atoms with Crippen LogP contribution in [0.2, 0.25) is 5.02 Å². The molecule has 0 aromatic heterocycles. The predicted octanol–water partition coefficient (Wildman–Crippen LogP) is 5.58. The van der Waals surface area contributed by atoms with E-state index in [-0.39, 0.29) is 5.75 Å². The monoisotopic (exact) mass is 338 g/mol. The zero-order valence-electron chi connectivity index (χ0n) is 12.3. The molecule has 0 radical (unpaired) electrons. The van der Waals surface area contributed by atoms with Crippen molar-refractivity contribution < 1.29 is 17.9 Å². The van der Waals surface area contributed by atoms with Gasteiger partial charge in [0.1, 0.15) is 5.75 Å². The van der Waals surface area contributed by atoms with Crippen molar-refractivity contribution in [3.63, 3.8) is 0 Å². The molecule has 0 N–H and O–H groups in total. The number of fused-ring (bicyclic) bond motifs is 1. The average molecular weight is 339 g/mol. The molecular formula is C18H14ClF3O. The lowest BCUT2D eigenvalue weighted by molar-refractivity contribution is -0.180. The van der Waals surface area contributed by atoms with Crippen molar-refractivity contribution in [2.45, 2.75) is 25.6 Å². The molecule has 0 fully saturated rings. The van der Waals surface area contributed by atoms with Crippen LogP contribution in [0, 0.1) is 6.92 Å². The van der Waals surface area contributed by atoms with Gasteiger partial charge in [-0.2, -0.15) is 13.2 Å². The molecule has 0 saturated carbocycles. The molecule has 23 heavy (non-hydrogen) atoms. The van der Waals surface area contributed by atoms with Gasteiger partial charge >= 0.3 is 6.18 Å². The quantitative estimate of drug-likeness (QED) is 0.695. The van der Waals surface area contributed by atoms with E-state index in [1.54, 1.807) is 13.0 Å². The first kappa shape index (κ1) is 15.9. The molecule has 0 saturated heterocycles. The molecule has 1 aliphatic heterocycles. The summed E-state index contributed by atoms with van der Waals surface area (Å²) in [7, 11) is 0. The molecule has 1 nitrogen and oxygen atoms in total. The Labute approximate surface area is 137 Å². The van der Waals surface area contributed by atoms with Crippen LogP contribution < -0.4 is 4.74 Å². The molecule has 2 aromatic carbocycles. The van der Waals surface area contributed by atoms with Gasteiger partial charge < -0.3 is 4.74 Å². The standard InChI is InChI=1S/C18H14ClF3O/c1-11-14(9-12-5-3-2-4-6-12)15(19)10-13-7-8-16(18(20,21)22)23-17(11)13/h2-8,10,16H,9H2,1H3. The summed E-state index contributed by atoms with van der Waals surface area (Å²) in [6.07, 6.45) is -3.38. The van der Waals surface area contributed by atoms with E-state index in [0.717, 1.165) is 17.2 Å². The fourth-order valence-corrected chi connectivity index (χ4v) is 2.98. The van der Waals surface area contributed by atoms with E-state index in [1.165, 1.54) is 6.08 Å². The van der Waals surface area contributed by atoms with Crippen LogP contribution >= 0.6 is 11.6 Å². The Morgan fingerprint density at radius 2 is 1.87 bits per heavy atom. The Balaban J connectivity index is 2.00. The van der Waals surface area contributed by atoms with Gasteiger partial charge in [-0.15, -0.1) is 0 Å². The normalized spacial score (nSPS) is 16.8. The van der Waals surface area contributed by atoms with E-state index in [2.05, 4.69) is 0 Å². The van der Waals surface area contributed by atoms with Gasteiger partial charge in [-0.3, -0.25) is 0 Å². The maximum absolute atomic E-state index is 12.9. The Bertz CT molecular complexity index is 751. The topological polar surface area (TPSA) is 9.23 Å². The minimum Gasteiger partial charge on any atom is -0.476 e. The number of alkyl halides is 3. The van der Waals surface area contributed by atoms with E-state index >= 15 is 0 Å². The summed E-state index contributed by atoms with van der Waals surface area (Å²) in [5.74, 6) is 0.255. The highest BCUT2D eigenvalue weighted by molar-refractivity contribution is 6.31. The molecule has 1 heterocycles. The van der Waals surface area contributed by atoms with Gasteiger partial charge in [0.05, 0.1) is 0 Å². The maximum atomic E-state index is 12.9. The minimum absolute atomic E-state index is 0.255. The smallest absolute Gasteiger partial charge is 0.429 e. The molecule has 0 amide bonds. The second kappa shape index (κ2) is 5.93. The second-order valence-corrected chi connectivity index (χ2v) is 5.89. The highest BCUT2D eigenvalue weighted by atomic mass is 35.5. The first-order chi connectivity index (χ1) is 10.9. The Kier molecular flexibility index (Phi) is 4.11. The molecule has 5 heteroatoms. The zero-order chi connectivity index (χ0) is 16.6. The second-order valence-electron chi connectivity index (χ2n) is 5.48. The third-order valence-electron chi connectivity index (χ3n) is 3.87.